The van der Waals surface area contributed by atoms with Gasteiger partial charge in [-0.25, -0.2) is 4.98 Å². The summed E-state index contributed by atoms with van der Waals surface area (Å²) in [4.78, 5) is 4.00. The van der Waals surface area contributed by atoms with Crippen LogP contribution in [0.4, 0.5) is 0 Å². The Morgan fingerprint density at radius 1 is 1.58 bits per heavy atom. The van der Waals surface area contributed by atoms with E-state index in [-0.39, 0.29) is 6.04 Å². The van der Waals surface area contributed by atoms with E-state index in [1.165, 1.54) is 12.8 Å². The Labute approximate surface area is 76.7 Å². The molecule has 0 aromatic carbocycles. The van der Waals surface area contributed by atoms with Gasteiger partial charge in [0.2, 0.25) is 0 Å². The maximum absolute atomic E-state index is 5.98. The zero-order chi connectivity index (χ0) is 8.55. The summed E-state index contributed by atoms with van der Waals surface area (Å²) in [6.07, 6.45) is 4.14. The molecule has 1 aromatic heterocycles. The molecule has 0 radical (unpaired) electrons. The Morgan fingerprint density at radius 2 is 2.33 bits per heavy atom. The van der Waals surface area contributed by atoms with E-state index in [2.05, 4.69) is 4.98 Å². The van der Waals surface area contributed by atoms with Crippen molar-refractivity contribution in [1.82, 2.24) is 4.98 Å². The van der Waals surface area contributed by atoms with Gasteiger partial charge in [0, 0.05) is 17.8 Å². The molecular weight excluding hydrogens is 172 g/mol. The molecule has 12 heavy (non-hydrogen) atoms. The van der Waals surface area contributed by atoms with Gasteiger partial charge in [0.05, 0.1) is 0 Å². The first-order valence-corrected chi connectivity index (χ1v) is 4.53. The lowest BCUT2D eigenvalue weighted by molar-refractivity contribution is 0.631. The fourth-order valence-corrected chi connectivity index (χ4v) is 1.60. The zero-order valence-corrected chi connectivity index (χ0v) is 7.46. The zero-order valence-electron chi connectivity index (χ0n) is 6.70. The van der Waals surface area contributed by atoms with E-state index in [9.17, 15) is 0 Å². The van der Waals surface area contributed by atoms with Crippen molar-refractivity contribution in [2.24, 2.45) is 11.7 Å². The average molecular weight is 183 g/mol. The van der Waals surface area contributed by atoms with Crippen molar-refractivity contribution in [3.05, 3.63) is 29.0 Å². The number of aromatic nitrogens is 1. The van der Waals surface area contributed by atoms with Crippen molar-refractivity contribution in [3.63, 3.8) is 0 Å². The SMILES string of the molecule is NC(c1cccnc1Cl)C1CC1. The molecule has 1 aliphatic rings. The van der Waals surface area contributed by atoms with Crippen LogP contribution < -0.4 is 5.73 Å². The Morgan fingerprint density at radius 3 is 2.92 bits per heavy atom. The quantitative estimate of drug-likeness (QED) is 0.712. The third-order valence-corrected chi connectivity index (χ3v) is 2.59. The van der Waals surface area contributed by atoms with Crippen molar-refractivity contribution < 1.29 is 0 Å². The molecule has 0 amide bonds. The second kappa shape index (κ2) is 3.04. The molecule has 1 aliphatic carbocycles. The van der Waals surface area contributed by atoms with Crippen LogP contribution in [0.5, 0.6) is 0 Å². The van der Waals surface area contributed by atoms with E-state index >= 15 is 0 Å². The fourth-order valence-electron chi connectivity index (χ4n) is 1.36. The fraction of sp³-hybridized carbons (Fsp3) is 0.444. The Bertz CT molecular complexity index is 284. The lowest BCUT2D eigenvalue weighted by Gasteiger charge is -2.10. The summed E-state index contributed by atoms with van der Waals surface area (Å²) in [5.41, 5.74) is 6.96. The van der Waals surface area contributed by atoms with Crippen molar-refractivity contribution in [3.8, 4) is 0 Å². The first kappa shape index (κ1) is 8.02. The van der Waals surface area contributed by atoms with E-state index in [1.807, 2.05) is 12.1 Å². The first-order valence-electron chi connectivity index (χ1n) is 4.15. The van der Waals surface area contributed by atoms with Gasteiger partial charge in [0.1, 0.15) is 5.15 Å². The average Bonchev–Trinajstić information content (AvgIpc) is 2.86. The topological polar surface area (TPSA) is 38.9 Å². The molecule has 0 spiro atoms. The maximum Gasteiger partial charge on any atom is 0.133 e. The highest BCUT2D eigenvalue weighted by Gasteiger charge is 2.30. The summed E-state index contributed by atoms with van der Waals surface area (Å²) in [5.74, 6) is 0.631. The van der Waals surface area contributed by atoms with Crippen molar-refractivity contribution in [1.29, 1.82) is 0 Å². The number of nitrogens with zero attached hydrogens (tertiary/aromatic N) is 1. The molecule has 2 nitrogen and oxygen atoms in total. The van der Waals surface area contributed by atoms with Gasteiger partial charge in [-0.1, -0.05) is 17.7 Å². The van der Waals surface area contributed by atoms with Crippen LogP contribution in [0.3, 0.4) is 0 Å². The largest absolute Gasteiger partial charge is 0.324 e. The molecule has 0 aliphatic heterocycles. The molecule has 1 unspecified atom stereocenters. The van der Waals surface area contributed by atoms with Crippen LogP contribution in [-0.2, 0) is 0 Å². The van der Waals surface area contributed by atoms with Crippen LogP contribution in [0.15, 0.2) is 18.3 Å². The van der Waals surface area contributed by atoms with Gasteiger partial charge < -0.3 is 5.73 Å². The molecule has 1 heterocycles. The highest BCUT2D eigenvalue weighted by molar-refractivity contribution is 6.30. The van der Waals surface area contributed by atoms with Crippen LogP contribution in [0.25, 0.3) is 0 Å². The van der Waals surface area contributed by atoms with Gasteiger partial charge in [-0.05, 0) is 24.8 Å². The number of halogens is 1. The van der Waals surface area contributed by atoms with Crippen LogP contribution in [0.2, 0.25) is 5.15 Å². The highest BCUT2D eigenvalue weighted by Crippen LogP contribution is 2.40. The van der Waals surface area contributed by atoms with Crippen molar-refractivity contribution >= 4 is 11.6 Å². The van der Waals surface area contributed by atoms with Gasteiger partial charge >= 0.3 is 0 Å². The molecule has 0 bridgehead atoms. The third kappa shape index (κ3) is 1.45. The molecular formula is C9H11ClN2. The summed E-state index contributed by atoms with van der Waals surface area (Å²) >= 11 is 5.90. The summed E-state index contributed by atoms with van der Waals surface area (Å²) in [5, 5.41) is 0.553. The van der Waals surface area contributed by atoms with Crippen LogP contribution in [0.1, 0.15) is 24.4 Å². The predicted octanol–water partition coefficient (Wildman–Crippen LogP) is 2.14. The smallest absolute Gasteiger partial charge is 0.133 e. The predicted molar refractivity (Wildman–Crippen MR) is 48.9 cm³/mol. The van der Waals surface area contributed by atoms with Crippen molar-refractivity contribution in [2.75, 3.05) is 0 Å². The molecule has 64 valence electrons. The van der Waals surface area contributed by atoms with Crippen molar-refractivity contribution in [2.45, 2.75) is 18.9 Å². The molecule has 1 aromatic rings. The number of hydrogen-bond acceptors (Lipinski definition) is 2. The second-order valence-electron chi connectivity index (χ2n) is 3.25. The van der Waals surface area contributed by atoms with Gasteiger partial charge in [-0.3, -0.25) is 0 Å². The van der Waals surface area contributed by atoms with Gasteiger partial charge in [0.15, 0.2) is 0 Å². The first-order chi connectivity index (χ1) is 5.79. The van der Waals surface area contributed by atoms with E-state index in [0.29, 0.717) is 11.1 Å². The Hall–Kier alpha value is -0.600. The third-order valence-electron chi connectivity index (χ3n) is 2.28. The monoisotopic (exact) mass is 182 g/mol. The number of rotatable bonds is 2. The van der Waals surface area contributed by atoms with E-state index < -0.39 is 0 Å². The minimum Gasteiger partial charge on any atom is -0.324 e. The van der Waals surface area contributed by atoms with Gasteiger partial charge in [-0.15, -0.1) is 0 Å². The molecule has 2 N–H and O–H groups in total. The van der Waals surface area contributed by atoms with E-state index in [1.54, 1.807) is 6.20 Å². The molecule has 2 rings (SSSR count). The maximum atomic E-state index is 5.98. The highest BCUT2D eigenvalue weighted by atomic mass is 35.5. The van der Waals surface area contributed by atoms with E-state index in [0.717, 1.165) is 5.56 Å². The summed E-state index contributed by atoms with van der Waals surface area (Å²) < 4.78 is 0. The lowest BCUT2D eigenvalue weighted by atomic mass is 10.1. The van der Waals surface area contributed by atoms with Gasteiger partial charge in [-0.2, -0.15) is 0 Å². The van der Waals surface area contributed by atoms with E-state index in [4.69, 9.17) is 17.3 Å². The molecule has 1 atom stereocenters. The summed E-state index contributed by atoms with van der Waals surface area (Å²) in [6.45, 7) is 0. The number of pyridine rings is 1. The summed E-state index contributed by atoms with van der Waals surface area (Å²) in [7, 11) is 0. The molecule has 1 fully saturated rings. The Balaban J connectivity index is 2.25. The second-order valence-corrected chi connectivity index (χ2v) is 3.60. The van der Waals surface area contributed by atoms with Gasteiger partial charge in [0.25, 0.3) is 0 Å². The number of hydrogen-bond donors (Lipinski definition) is 1. The molecule has 3 heteroatoms. The Kier molecular flexibility index (Phi) is 2.03. The minimum atomic E-state index is 0.0891. The minimum absolute atomic E-state index is 0.0891. The number of nitrogens with two attached hydrogens (primary N) is 1. The van der Waals surface area contributed by atoms with Crippen LogP contribution >= 0.6 is 11.6 Å². The van der Waals surface area contributed by atoms with Crippen LogP contribution in [0, 0.1) is 5.92 Å². The van der Waals surface area contributed by atoms with Crippen LogP contribution in [-0.4, -0.2) is 4.98 Å². The standard InChI is InChI=1S/C9H11ClN2/c10-9-7(2-1-5-12-9)8(11)6-3-4-6/h1-2,5-6,8H,3-4,11H2. The lowest BCUT2D eigenvalue weighted by Crippen LogP contribution is -2.13. The molecule has 1 saturated carbocycles. The summed E-state index contributed by atoms with van der Waals surface area (Å²) in [6, 6.07) is 3.92. The molecule has 0 saturated heterocycles. The normalized spacial score (nSPS) is 19.2.